The van der Waals surface area contributed by atoms with Gasteiger partial charge in [-0.15, -0.1) is 0 Å². The van der Waals surface area contributed by atoms with Crippen LogP contribution < -0.4 is 4.90 Å². The minimum absolute atomic E-state index is 0.0188. The smallest absolute Gasteiger partial charge is 0.268 e. The number of benzene rings is 3. The van der Waals surface area contributed by atoms with E-state index >= 15 is 0 Å². The monoisotopic (exact) mass is 498 g/mol. The maximum Gasteiger partial charge on any atom is 0.283 e. The largest absolute Gasteiger partial charge is 0.283 e. The van der Waals surface area contributed by atoms with Crippen molar-refractivity contribution in [2.75, 3.05) is 4.90 Å². The fourth-order valence-electron chi connectivity index (χ4n) is 3.04. The first-order valence-corrected chi connectivity index (χ1v) is 11.8. The lowest BCUT2D eigenvalue weighted by Gasteiger charge is -2.14. The highest BCUT2D eigenvalue weighted by Gasteiger charge is 2.33. The molecule has 3 aromatic rings. The van der Waals surface area contributed by atoms with Gasteiger partial charge in [0.2, 0.25) is 0 Å². The van der Waals surface area contributed by atoms with E-state index in [1.54, 1.807) is 42.5 Å². The van der Waals surface area contributed by atoms with E-state index in [2.05, 4.69) is 0 Å². The van der Waals surface area contributed by atoms with Gasteiger partial charge in [-0.1, -0.05) is 77.2 Å². The molecule has 1 amide bonds. The summed E-state index contributed by atoms with van der Waals surface area (Å²) in [7, 11) is 0. The van der Waals surface area contributed by atoms with Crippen LogP contribution in [0, 0.1) is 17.0 Å². The number of nitro benzene ring substituents is 1. The minimum Gasteiger partial charge on any atom is -0.268 e. The summed E-state index contributed by atoms with van der Waals surface area (Å²) in [5.74, 6) is -0.289. The standard InChI is InChI=1S/C23H15ClN2O3S3/c1-14-5-8-18(9-6-14)31-20-10-7-15(11-19(20)26(28)29)12-21-22(27)25(23(30)32-21)17-4-2-3-16(24)13-17/h2-13H,1H3/b21-12+. The average Bonchev–Trinajstić information content (AvgIpc) is 3.03. The van der Waals surface area contributed by atoms with Crippen LogP contribution in [0.25, 0.3) is 6.08 Å². The van der Waals surface area contributed by atoms with Crippen molar-refractivity contribution in [3.05, 3.63) is 97.9 Å². The number of anilines is 1. The SMILES string of the molecule is Cc1ccc(Sc2ccc(/C=C3/SC(=S)N(c4cccc(Cl)c4)C3=O)cc2[N+](=O)[O-])cc1. The number of halogens is 1. The highest BCUT2D eigenvalue weighted by molar-refractivity contribution is 8.27. The number of hydrogen-bond donors (Lipinski definition) is 0. The Labute approximate surface area is 203 Å². The molecule has 9 heteroatoms. The summed E-state index contributed by atoms with van der Waals surface area (Å²) in [6.45, 7) is 1.99. The zero-order valence-electron chi connectivity index (χ0n) is 16.7. The van der Waals surface area contributed by atoms with Gasteiger partial charge < -0.3 is 0 Å². The number of hydrogen-bond acceptors (Lipinski definition) is 6. The van der Waals surface area contributed by atoms with Crippen LogP contribution in [0.2, 0.25) is 5.02 Å². The van der Waals surface area contributed by atoms with Crippen LogP contribution in [0.5, 0.6) is 0 Å². The summed E-state index contributed by atoms with van der Waals surface area (Å²) in [4.78, 5) is 27.5. The maximum absolute atomic E-state index is 13.0. The van der Waals surface area contributed by atoms with Crippen LogP contribution in [0.3, 0.4) is 0 Å². The van der Waals surface area contributed by atoms with Crippen molar-refractivity contribution in [1.82, 2.24) is 0 Å². The molecular formula is C23H15ClN2O3S3. The molecular weight excluding hydrogens is 484 g/mol. The summed E-state index contributed by atoms with van der Waals surface area (Å²) in [5, 5.41) is 12.2. The van der Waals surface area contributed by atoms with Crippen molar-refractivity contribution in [2.24, 2.45) is 0 Å². The van der Waals surface area contributed by atoms with E-state index in [0.29, 0.717) is 30.4 Å². The molecule has 1 heterocycles. The van der Waals surface area contributed by atoms with Crippen LogP contribution in [0.15, 0.2) is 81.4 Å². The molecule has 1 saturated heterocycles. The molecule has 0 bridgehead atoms. The van der Waals surface area contributed by atoms with Crippen molar-refractivity contribution < 1.29 is 9.72 Å². The van der Waals surface area contributed by atoms with Gasteiger partial charge in [0.1, 0.15) is 0 Å². The second-order valence-corrected chi connectivity index (χ2v) is 10.1. The third kappa shape index (κ3) is 4.88. The number of carbonyl (C=O) groups is 1. The molecule has 1 aliphatic rings. The summed E-state index contributed by atoms with van der Waals surface area (Å²) < 4.78 is 0.379. The zero-order valence-corrected chi connectivity index (χ0v) is 19.9. The van der Waals surface area contributed by atoms with Gasteiger partial charge in [0.05, 0.1) is 20.4 Å². The second-order valence-electron chi connectivity index (χ2n) is 6.90. The van der Waals surface area contributed by atoms with Crippen LogP contribution in [0.4, 0.5) is 11.4 Å². The molecule has 0 spiro atoms. The molecule has 4 rings (SSSR count). The molecule has 1 aliphatic heterocycles. The molecule has 0 N–H and O–H groups in total. The van der Waals surface area contributed by atoms with Gasteiger partial charge in [-0.25, -0.2) is 0 Å². The second kappa shape index (κ2) is 9.46. The Morgan fingerprint density at radius 3 is 2.56 bits per heavy atom. The molecule has 0 unspecified atom stereocenters. The molecule has 160 valence electrons. The summed E-state index contributed by atoms with van der Waals surface area (Å²) in [6, 6.07) is 19.6. The normalized spacial score (nSPS) is 14.9. The van der Waals surface area contributed by atoms with Gasteiger partial charge in [0.25, 0.3) is 11.6 Å². The van der Waals surface area contributed by atoms with E-state index in [0.717, 1.165) is 22.2 Å². The van der Waals surface area contributed by atoms with E-state index in [1.165, 1.54) is 22.7 Å². The molecule has 0 aliphatic carbocycles. The lowest BCUT2D eigenvalue weighted by Crippen LogP contribution is -2.27. The first-order chi connectivity index (χ1) is 15.3. The Kier molecular flexibility index (Phi) is 6.66. The van der Waals surface area contributed by atoms with E-state index in [9.17, 15) is 14.9 Å². The number of rotatable bonds is 5. The topological polar surface area (TPSA) is 63.5 Å². The van der Waals surface area contributed by atoms with Gasteiger partial charge >= 0.3 is 0 Å². The highest BCUT2D eigenvalue weighted by Crippen LogP contribution is 2.39. The molecule has 3 aromatic carbocycles. The number of thiocarbonyl (C=S) groups is 1. The first kappa shape index (κ1) is 22.5. The van der Waals surface area contributed by atoms with Crippen molar-refractivity contribution in [3.8, 4) is 0 Å². The lowest BCUT2D eigenvalue weighted by molar-refractivity contribution is -0.387. The molecule has 32 heavy (non-hydrogen) atoms. The zero-order chi connectivity index (χ0) is 22.8. The van der Waals surface area contributed by atoms with Gasteiger partial charge in [-0.05, 0) is 55.0 Å². The maximum atomic E-state index is 13.0. The number of amides is 1. The highest BCUT2D eigenvalue weighted by atomic mass is 35.5. The summed E-state index contributed by atoms with van der Waals surface area (Å²) in [5.41, 5.74) is 2.24. The molecule has 0 saturated carbocycles. The van der Waals surface area contributed by atoms with Gasteiger partial charge in [-0.3, -0.25) is 19.8 Å². The van der Waals surface area contributed by atoms with E-state index in [1.807, 2.05) is 31.2 Å². The van der Waals surface area contributed by atoms with Crippen molar-refractivity contribution in [2.45, 2.75) is 16.7 Å². The molecule has 0 radical (unpaired) electrons. The fourth-order valence-corrected chi connectivity index (χ4v) is 5.43. The van der Waals surface area contributed by atoms with E-state index in [4.69, 9.17) is 23.8 Å². The van der Waals surface area contributed by atoms with E-state index in [-0.39, 0.29) is 11.6 Å². The van der Waals surface area contributed by atoms with Crippen LogP contribution in [-0.4, -0.2) is 15.2 Å². The number of nitrogens with zero attached hydrogens (tertiary/aromatic N) is 2. The Hall–Kier alpha value is -2.65. The molecule has 5 nitrogen and oxygen atoms in total. The first-order valence-electron chi connectivity index (χ1n) is 9.38. The van der Waals surface area contributed by atoms with Crippen LogP contribution in [-0.2, 0) is 4.79 Å². The summed E-state index contributed by atoms with van der Waals surface area (Å²) in [6.07, 6.45) is 1.62. The quantitative estimate of drug-likeness (QED) is 0.161. The Balaban J connectivity index is 1.63. The van der Waals surface area contributed by atoms with Gasteiger partial charge in [-0.2, -0.15) is 0 Å². The van der Waals surface area contributed by atoms with Crippen LogP contribution >= 0.6 is 47.3 Å². The third-order valence-corrected chi connectivity index (χ3v) is 7.20. The predicted molar refractivity (Wildman–Crippen MR) is 136 cm³/mol. The molecule has 0 aromatic heterocycles. The van der Waals surface area contributed by atoms with Crippen LogP contribution in [0.1, 0.15) is 11.1 Å². The minimum atomic E-state index is -0.412. The number of carbonyl (C=O) groups excluding carboxylic acids is 1. The Morgan fingerprint density at radius 2 is 1.88 bits per heavy atom. The van der Waals surface area contributed by atoms with Crippen molar-refractivity contribution in [1.29, 1.82) is 0 Å². The van der Waals surface area contributed by atoms with Gasteiger partial charge in [0.15, 0.2) is 4.32 Å². The summed E-state index contributed by atoms with van der Waals surface area (Å²) >= 11 is 13.9. The fraction of sp³-hybridized carbons (Fsp3) is 0.0435. The Morgan fingerprint density at radius 1 is 1.12 bits per heavy atom. The molecule has 1 fully saturated rings. The molecule has 0 atom stereocenters. The third-order valence-electron chi connectivity index (χ3n) is 4.59. The van der Waals surface area contributed by atoms with Crippen molar-refractivity contribution >= 4 is 75.0 Å². The number of aryl methyl sites for hydroxylation is 1. The lowest BCUT2D eigenvalue weighted by atomic mass is 10.2. The number of thioether (sulfide) groups is 1. The predicted octanol–water partition coefficient (Wildman–Crippen LogP) is 7.11. The Bertz CT molecular complexity index is 1280. The van der Waals surface area contributed by atoms with Crippen molar-refractivity contribution in [3.63, 3.8) is 0 Å². The van der Waals surface area contributed by atoms with E-state index < -0.39 is 4.92 Å². The number of nitro groups is 1. The average molecular weight is 499 g/mol. The van der Waals surface area contributed by atoms with Gasteiger partial charge in [0, 0.05) is 16.0 Å².